The first kappa shape index (κ1) is 14.6. The fourth-order valence-electron chi connectivity index (χ4n) is 2.68. The van der Waals surface area contributed by atoms with E-state index in [1.807, 2.05) is 38.4 Å². The Morgan fingerprint density at radius 1 is 1.25 bits per heavy atom. The van der Waals surface area contributed by atoms with Gasteiger partial charge in [-0.15, -0.1) is 0 Å². The highest BCUT2D eigenvalue weighted by Gasteiger charge is 2.16. The molecule has 0 amide bonds. The molecule has 0 aliphatic carbocycles. The number of nitrogens with zero attached hydrogens (tertiary/aromatic N) is 5. The molecule has 24 heavy (non-hydrogen) atoms. The molecule has 0 saturated heterocycles. The quantitative estimate of drug-likeness (QED) is 0.585. The number of aryl methyl sites for hydroxylation is 2. The Hall–Kier alpha value is -2.93. The molecule has 1 aromatic carbocycles. The third-order valence-electron chi connectivity index (χ3n) is 3.84. The minimum Gasteiger partial charge on any atom is -0.382 e. The van der Waals surface area contributed by atoms with E-state index in [0.29, 0.717) is 27.9 Å². The van der Waals surface area contributed by atoms with Crippen LogP contribution in [0.3, 0.4) is 0 Å². The fourth-order valence-corrected chi connectivity index (χ4v) is 2.94. The van der Waals surface area contributed by atoms with Gasteiger partial charge in [-0.05, 0) is 25.1 Å². The van der Waals surface area contributed by atoms with Crippen molar-refractivity contribution >= 4 is 28.3 Å². The average Bonchev–Trinajstić information content (AvgIpc) is 3.14. The summed E-state index contributed by atoms with van der Waals surface area (Å²) in [6, 6.07) is 5.71. The molecule has 4 rings (SSSR count). The van der Waals surface area contributed by atoms with Gasteiger partial charge in [0.25, 0.3) is 0 Å². The molecule has 0 unspecified atom stereocenters. The Morgan fingerprint density at radius 2 is 2.08 bits per heavy atom. The van der Waals surface area contributed by atoms with Crippen molar-refractivity contribution in [2.45, 2.75) is 6.92 Å². The van der Waals surface area contributed by atoms with Crippen molar-refractivity contribution in [3.63, 3.8) is 0 Å². The molecular formula is C16H14ClN7. The van der Waals surface area contributed by atoms with Gasteiger partial charge in [0, 0.05) is 24.2 Å². The summed E-state index contributed by atoms with van der Waals surface area (Å²) < 4.78 is 1.71. The van der Waals surface area contributed by atoms with E-state index in [4.69, 9.17) is 17.3 Å². The van der Waals surface area contributed by atoms with Crippen LogP contribution in [0.5, 0.6) is 0 Å². The van der Waals surface area contributed by atoms with Crippen molar-refractivity contribution in [1.29, 1.82) is 0 Å². The van der Waals surface area contributed by atoms with E-state index in [9.17, 15) is 0 Å². The molecule has 0 aliphatic heterocycles. The molecular weight excluding hydrogens is 326 g/mol. The average molecular weight is 340 g/mol. The zero-order valence-electron chi connectivity index (χ0n) is 13.1. The predicted molar refractivity (Wildman–Crippen MR) is 93.5 cm³/mol. The third-order valence-corrected chi connectivity index (χ3v) is 4.13. The number of halogens is 1. The largest absolute Gasteiger partial charge is 0.382 e. The highest BCUT2D eigenvalue weighted by molar-refractivity contribution is 6.35. The lowest BCUT2D eigenvalue weighted by Crippen LogP contribution is -1.99. The van der Waals surface area contributed by atoms with Gasteiger partial charge < -0.3 is 5.73 Å². The maximum Gasteiger partial charge on any atom is 0.142 e. The number of anilines is 1. The zero-order valence-corrected chi connectivity index (χ0v) is 13.8. The molecule has 0 radical (unpaired) electrons. The van der Waals surface area contributed by atoms with Gasteiger partial charge in [0.2, 0.25) is 0 Å². The molecule has 4 aromatic rings. The number of hydrogen-bond donors (Lipinski definition) is 2. The van der Waals surface area contributed by atoms with Crippen molar-refractivity contribution in [3.8, 4) is 22.6 Å². The van der Waals surface area contributed by atoms with Crippen LogP contribution in [-0.4, -0.2) is 29.9 Å². The molecule has 3 heterocycles. The van der Waals surface area contributed by atoms with Crippen LogP contribution in [0, 0.1) is 6.92 Å². The molecule has 7 nitrogen and oxygen atoms in total. The normalized spacial score (nSPS) is 11.3. The van der Waals surface area contributed by atoms with Gasteiger partial charge in [0.15, 0.2) is 0 Å². The highest BCUT2D eigenvalue weighted by atomic mass is 35.5. The van der Waals surface area contributed by atoms with E-state index in [1.54, 1.807) is 4.68 Å². The molecule has 0 aliphatic rings. The maximum atomic E-state index is 6.40. The van der Waals surface area contributed by atoms with Gasteiger partial charge in [-0.3, -0.25) is 14.8 Å². The van der Waals surface area contributed by atoms with Crippen LogP contribution in [-0.2, 0) is 7.05 Å². The third kappa shape index (κ3) is 2.30. The van der Waals surface area contributed by atoms with Crippen molar-refractivity contribution in [1.82, 2.24) is 29.9 Å². The van der Waals surface area contributed by atoms with Crippen molar-refractivity contribution in [3.05, 3.63) is 41.3 Å². The number of fused-ring (bicyclic) bond motifs is 1. The van der Waals surface area contributed by atoms with E-state index >= 15 is 0 Å². The number of hydrogen-bond acceptors (Lipinski definition) is 5. The summed E-state index contributed by atoms with van der Waals surface area (Å²) in [5.74, 6) is 0.339. The Bertz CT molecular complexity index is 1060. The van der Waals surface area contributed by atoms with Crippen LogP contribution in [0.15, 0.2) is 30.6 Å². The second kappa shape index (κ2) is 5.31. The van der Waals surface area contributed by atoms with E-state index in [2.05, 4.69) is 25.3 Å². The molecule has 3 N–H and O–H groups in total. The van der Waals surface area contributed by atoms with Crippen LogP contribution in [0.2, 0.25) is 5.02 Å². The van der Waals surface area contributed by atoms with E-state index < -0.39 is 0 Å². The van der Waals surface area contributed by atoms with Gasteiger partial charge >= 0.3 is 0 Å². The van der Waals surface area contributed by atoms with Crippen molar-refractivity contribution < 1.29 is 0 Å². The Labute approximate surface area is 142 Å². The van der Waals surface area contributed by atoms with E-state index in [1.165, 1.54) is 6.20 Å². The summed E-state index contributed by atoms with van der Waals surface area (Å²) >= 11 is 6.40. The summed E-state index contributed by atoms with van der Waals surface area (Å²) in [6.07, 6.45) is 3.38. The first-order valence-electron chi connectivity index (χ1n) is 7.30. The lowest BCUT2D eigenvalue weighted by atomic mass is 10.0. The van der Waals surface area contributed by atoms with Gasteiger partial charge in [-0.1, -0.05) is 11.6 Å². The Morgan fingerprint density at radius 3 is 2.83 bits per heavy atom. The Balaban J connectivity index is 1.98. The van der Waals surface area contributed by atoms with Crippen LogP contribution in [0.25, 0.3) is 33.5 Å². The zero-order chi connectivity index (χ0) is 16.8. The van der Waals surface area contributed by atoms with Crippen LogP contribution in [0.1, 0.15) is 5.69 Å². The van der Waals surface area contributed by atoms with E-state index in [0.717, 1.165) is 22.2 Å². The smallest absolute Gasteiger partial charge is 0.142 e. The molecule has 3 aromatic heterocycles. The van der Waals surface area contributed by atoms with Gasteiger partial charge in [-0.2, -0.15) is 10.2 Å². The summed E-state index contributed by atoms with van der Waals surface area (Å²) in [6.45, 7) is 1.92. The van der Waals surface area contributed by atoms with Crippen molar-refractivity contribution in [2.75, 3.05) is 5.73 Å². The minimum absolute atomic E-state index is 0.339. The number of benzene rings is 1. The first-order chi connectivity index (χ1) is 11.5. The van der Waals surface area contributed by atoms with Gasteiger partial charge in [0.1, 0.15) is 17.2 Å². The number of nitrogens with one attached hydrogen (secondary N) is 1. The summed E-state index contributed by atoms with van der Waals surface area (Å²) in [7, 11) is 1.85. The number of H-pyrrole nitrogens is 1. The molecule has 120 valence electrons. The second-order valence-electron chi connectivity index (χ2n) is 5.56. The summed E-state index contributed by atoms with van der Waals surface area (Å²) in [5.41, 5.74) is 10.3. The van der Waals surface area contributed by atoms with Crippen LogP contribution >= 0.6 is 11.6 Å². The number of nitrogens with two attached hydrogens (primary N) is 1. The summed E-state index contributed by atoms with van der Waals surface area (Å²) in [4.78, 5) is 8.90. The maximum absolute atomic E-state index is 6.40. The topological polar surface area (TPSA) is 98.3 Å². The number of nitrogen functional groups attached to an aromatic ring is 1. The molecule has 0 fully saturated rings. The van der Waals surface area contributed by atoms with Crippen molar-refractivity contribution in [2.24, 2.45) is 7.05 Å². The predicted octanol–water partition coefficient (Wildman–Crippen LogP) is 2.96. The standard InChI is InChI=1S/C16H14ClN7/c1-8-10-5-9(6-11(17)15(10)22-21-8)14-16(20-13(18)7-19-14)12-3-4-24(2)23-12/h3-7H,1-2H3,(H2,18,20)(H,21,22). The monoisotopic (exact) mass is 339 g/mol. The van der Waals surface area contributed by atoms with Gasteiger partial charge in [0.05, 0.1) is 28.1 Å². The SMILES string of the molecule is Cc1n[nH]c2c(Cl)cc(-c3ncc(N)nc3-c3ccn(C)n3)cc12. The first-order valence-corrected chi connectivity index (χ1v) is 7.68. The fraction of sp³-hybridized carbons (Fsp3) is 0.125. The molecule has 0 saturated carbocycles. The highest BCUT2D eigenvalue weighted by Crippen LogP contribution is 2.34. The molecule has 0 bridgehead atoms. The Kier molecular flexibility index (Phi) is 3.24. The number of rotatable bonds is 2. The lowest BCUT2D eigenvalue weighted by Gasteiger charge is -2.08. The molecule has 8 heteroatoms. The van der Waals surface area contributed by atoms with Gasteiger partial charge in [-0.25, -0.2) is 4.98 Å². The van der Waals surface area contributed by atoms with Crippen LogP contribution < -0.4 is 5.73 Å². The van der Waals surface area contributed by atoms with E-state index in [-0.39, 0.29) is 0 Å². The number of aromatic nitrogens is 6. The summed E-state index contributed by atoms with van der Waals surface area (Å²) in [5, 5.41) is 13.1. The molecule has 0 spiro atoms. The second-order valence-corrected chi connectivity index (χ2v) is 5.96. The van der Waals surface area contributed by atoms with Crippen LogP contribution in [0.4, 0.5) is 5.82 Å². The molecule has 0 atom stereocenters. The minimum atomic E-state index is 0.339. The number of aromatic amines is 1. The lowest BCUT2D eigenvalue weighted by molar-refractivity contribution is 0.770.